The fraction of sp³-hybridized carbons (Fsp3) is 0.900. The van der Waals surface area contributed by atoms with Crippen LogP contribution >= 0.6 is 23.4 Å². The van der Waals surface area contributed by atoms with Gasteiger partial charge in [-0.3, -0.25) is 4.79 Å². The van der Waals surface area contributed by atoms with Gasteiger partial charge in [0.2, 0.25) is 5.79 Å². The first-order valence-corrected chi connectivity index (χ1v) is 6.49. The van der Waals surface area contributed by atoms with Crippen LogP contribution in [-0.2, 0) is 14.3 Å². The monoisotopic (exact) mass is 252 g/mol. The van der Waals surface area contributed by atoms with Gasteiger partial charge in [0.25, 0.3) is 0 Å². The summed E-state index contributed by atoms with van der Waals surface area (Å²) in [4.78, 5) is 11.4. The molecule has 0 saturated carbocycles. The molecule has 0 aromatic carbocycles. The summed E-state index contributed by atoms with van der Waals surface area (Å²) in [7, 11) is 0. The average molecular weight is 253 g/mol. The second kappa shape index (κ2) is 4.93. The molecule has 1 rings (SSSR count). The number of carbonyl (C=O) groups excluding carboxylic acids is 1. The van der Waals surface area contributed by atoms with Crippen molar-refractivity contribution < 1.29 is 14.3 Å². The summed E-state index contributed by atoms with van der Waals surface area (Å²) in [5, 5.41) is -0.213. The molecule has 1 fully saturated rings. The molecule has 3 nitrogen and oxygen atoms in total. The van der Waals surface area contributed by atoms with E-state index in [2.05, 4.69) is 6.92 Å². The van der Waals surface area contributed by atoms with E-state index in [9.17, 15) is 4.79 Å². The van der Waals surface area contributed by atoms with Crippen LogP contribution in [0.1, 0.15) is 27.7 Å². The summed E-state index contributed by atoms with van der Waals surface area (Å²) in [6, 6.07) is 0. The van der Waals surface area contributed by atoms with Gasteiger partial charge in [0.1, 0.15) is 5.38 Å². The molecule has 88 valence electrons. The van der Waals surface area contributed by atoms with Crippen molar-refractivity contribution in [3.63, 3.8) is 0 Å². The Morgan fingerprint density at radius 3 is 2.73 bits per heavy atom. The van der Waals surface area contributed by atoms with Crippen LogP contribution in [-0.4, -0.2) is 34.2 Å². The molecular formula is C10H17ClO3S. The van der Waals surface area contributed by atoms with E-state index in [-0.39, 0.29) is 6.10 Å². The highest BCUT2D eigenvalue weighted by atomic mass is 35.5. The maximum Gasteiger partial charge on any atom is 0.326 e. The minimum absolute atomic E-state index is 0.0761. The molecule has 5 heteroatoms. The summed E-state index contributed by atoms with van der Waals surface area (Å²) in [6.45, 7) is 7.45. The second-order valence-electron chi connectivity index (χ2n) is 4.01. The summed E-state index contributed by atoms with van der Waals surface area (Å²) in [5.74, 6) is -0.619. The van der Waals surface area contributed by atoms with Crippen molar-refractivity contribution in [1.82, 2.24) is 0 Å². The molecule has 0 bridgehead atoms. The Morgan fingerprint density at radius 2 is 2.27 bits per heavy atom. The highest BCUT2D eigenvalue weighted by Gasteiger charge is 2.39. The van der Waals surface area contributed by atoms with Crippen molar-refractivity contribution in [2.24, 2.45) is 0 Å². The Bertz CT molecular complexity index is 247. The quantitative estimate of drug-likeness (QED) is 0.559. The zero-order chi connectivity index (χ0) is 11.6. The maximum atomic E-state index is 11.4. The summed E-state index contributed by atoms with van der Waals surface area (Å²) in [6.07, 6.45) is 0.0761. The average Bonchev–Trinajstić information content (AvgIpc) is 2.12. The van der Waals surface area contributed by atoms with E-state index in [1.54, 1.807) is 25.6 Å². The zero-order valence-corrected chi connectivity index (χ0v) is 11.0. The van der Waals surface area contributed by atoms with Crippen molar-refractivity contribution >= 4 is 29.3 Å². The Balaban J connectivity index is 2.56. The fourth-order valence-corrected chi connectivity index (χ4v) is 2.35. The van der Waals surface area contributed by atoms with Crippen molar-refractivity contribution in [3.8, 4) is 0 Å². The normalized spacial score (nSPS) is 38.5. The molecule has 0 amide bonds. The number of esters is 1. The molecule has 4 atom stereocenters. The Kier molecular flexibility index (Phi) is 4.32. The van der Waals surface area contributed by atoms with Gasteiger partial charge in [-0.2, -0.15) is 0 Å². The highest BCUT2D eigenvalue weighted by Crippen LogP contribution is 2.33. The van der Waals surface area contributed by atoms with Crippen LogP contribution in [0.4, 0.5) is 0 Å². The van der Waals surface area contributed by atoms with E-state index in [1.807, 2.05) is 6.92 Å². The molecule has 1 aliphatic heterocycles. The van der Waals surface area contributed by atoms with Crippen LogP contribution < -0.4 is 0 Å². The van der Waals surface area contributed by atoms with Crippen molar-refractivity contribution in [2.75, 3.05) is 5.75 Å². The zero-order valence-electron chi connectivity index (χ0n) is 9.45. The molecule has 0 N–H and O–H groups in total. The van der Waals surface area contributed by atoms with E-state index in [0.717, 1.165) is 0 Å². The molecule has 0 aliphatic carbocycles. The van der Waals surface area contributed by atoms with Gasteiger partial charge in [-0.05, 0) is 13.8 Å². The number of hydrogen-bond acceptors (Lipinski definition) is 4. The van der Waals surface area contributed by atoms with Crippen molar-refractivity contribution in [1.29, 1.82) is 0 Å². The minimum Gasteiger partial charge on any atom is -0.431 e. The summed E-state index contributed by atoms with van der Waals surface area (Å²) in [5.41, 5.74) is 0. The predicted molar refractivity (Wildman–Crippen MR) is 62.3 cm³/mol. The lowest BCUT2D eigenvalue weighted by molar-refractivity contribution is -0.229. The SMILES string of the molecule is CC(Cl)C(=O)OC1(C)CSC(C)C(C)O1. The number of hydrogen-bond donors (Lipinski definition) is 0. The molecule has 0 radical (unpaired) electrons. The molecule has 4 unspecified atom stereocenters. The van der Waals surface area contributed by atoms with Gasteiger partial charge < -0.3 is 9.47 Å². The lowest BCUT2D eigenvalue weighted by Gasteiger charge is -2.39. The van der Waals surface area contributed by atoms with Crippen molar-refractivity contribution in [3.05, 3.63) is 0 Å². The fourth-order valence-electron chi connectivity index (χ4n) is 1.29. The van der Waals surface area contributed by atoms with Gasteiger partial charge >= 0.3 is 5.97 Å². The van der Waals surface area contributed by atoms with Crippen LogP contribution in [0.3, 0.4) is 0 Å². The van der Waals surface area contributed by atoms with Crippen molar-refractivity contribution in [2.45, 2.75) is 50.2 Å². The number of thioether (sulfide) groups is 1. The van der Waals surface area contributed by atoms with Crippen LogP contribution in [0, 0.1) is 0 Å². The largest absolute Gasteiger partial charge is 0.431 e. The molecule has 0 aromatic heterocycles. The summed E-state index contributed by atoms with van der Waals surface area (Å²) >= 11 is 7.38. The number of rotatable bonds is 2. The van der Waals surface area contributed by atoms with Gasteiger partial charge in [-0.25, -0.2) is 0 Å². The topological polar surface area (TPSA) is 35.5 Å². The molecule has 15 heavy (non-hydrogen) atoms. The van der Waals surface area contributed by atoms with Crippen LogP contribution in [0.25, 0.3) is 0 Å². The Labute approximate surface area is 99.8 Å². The van der Waals surface area contributed by atoms with Gasteiger partial charge in [0, 0.05) is 12.2 Å². The van der Waals surface area contributed by atoms with Crippen LogP contribution in [0.2, 0.25) is 0 Å². The van der Waals surface area contributed by atoms with E-state index < -0.39 is 17.1 Å². The number of carbonyl (C=O) groups is 1. The van der Waals surface area contributed by atoms with Gasteiger partial charge in [-0.1, -0.05) is 6.92 Å². The Morgan fingerprint density at radius 1 is 1.67 bits per heavy atom. The van der Waals surface area contributed by atoms with Gasteiger partial charge in [0.15, 0.2) is 0 Å². The van der Waals surface area contributed by atoms with E-state index >= 15 is 0 Å². The first-order chi connectivity index (χ1) is 6.84. The third-order valence-electron chi connectivity index (χ3n) is 2.35. The first kappa shape index (κ1) is 13.1. The lowest BCUT2D eigenvalue weighted by atomic mass is 10.2. The molecule has 1 heterocycles. The van der Waals surface area contributed by atoms with Gasteiger partial charge in [0.05, 0.1) is 11.9 Å². The van der Waals surface area contributed by atoms with Crippen LogP contribution in [0.15, 0.2) is 0 Å². The third-order valence-corrected chi connectivity index (χ3v) is 4.12. The number of halogens is 1. The molecular weight excluding hydrogens is 236 g/mol. The van der Waals surface area contributed by atoms with E-state index in [0.29, 0.717) is 11.0 Å². The second-order valence-corrected chi connectivity index (χ2v) is 6.03. The van der Waals surface area contributed by atoms with Crippen LogP contribution in [0.5, 0.6) is 0 Å². The standard InChI is InChI=1S/C10H17ClO3S/c1-6(11)9(12)14-10(4)5-15-8(3)7(2)13-10/h6-8H,5H2,1-4H3. The number of ether oxygens (including phenoxy) is 2. The van der Waals surface area contributed by atoms with E-state index in [1.165, 1.54) is 0 Å². The first-order valence-electron chi connectivity index (χ1n) is 5.00. The third kappa shape index (κ3) is 3.54. The molecule has 0 aromatic rings. The minimum atomic E-state index is -0.836. The molecule has 0 spiro atoms. The molecule has 1 aliphatic rings. The lowest BCUT2D eigenvalue weighted by Crippen LogP contribution is -2.47. The predicted octanol–water partition coefficient (Wildman–Crippen LogP) is 2.41. The van der Waals surface area contributed by atoms with E-state index in [4.69, 9.17) is 21.1 Å². The highest BCUT2D eigenvalue weighted by molar-refractivity contribution is 8.00. The maximum absolute atomic E-state index is 11.4. The van der Waals surface area contributed by atoms with Gasteiger partial charge in [-0.15, -0.1) is 23.4 Å². The summed E-state index contributed by atoms with van der Waals surface area (Å²) < 4.78 is 10.9. The number of alkyl halides is 1. The Hall–Kier alpha value is 0.0700. The molecule has 1 saturated heterocycles. The smallest absolute Gasteiger partial charge is 0.326 e.